The van der Waals surface area contributed by atoms with Gasteiger partial charge in [0.05, 0.1) is 6.04 Å². The number of hydroxylamine groups is 2. The smallest absolute Gasteiger partial charge is 0.309 e. The minimum atomic E-state index is -4.83. The third-order valence-corrected chi connectivity index (χ3v) is 3.98. The Morgan fingerprint density at radius 1 is 1.30 bits per heavy atom. The van der Waals surface area contributed by atoms with Crippen LogP contribution in [0, 0.1) is 5.92 Å². The first-order chi connectivity index (χ1) is 10.6. The van der Waals surface area contributed by atoms with Gasteiger partial charge in [-0.2, -0.15) is 13.5 Å². The molecule has 2 atom stereocenters. The van der Waals surface area contributed by atoms with Crippen LogP contribution in [0.3, 0.4) is 0 Å². The van der Waals surface area contributed by atoms with Gasteiger partial charge in [-0.25, -0.2) is 4.79 Å². The molecule has 3 N–H and O–H groups in total. The largest absolute Gasteiger partial charge is 0.418 e. The van der Waals surface area contributed by atoms with E-state index in [-0.39, 0.29) is 24.8 Å². The summed E-state index contributed by atoms with van der Waals surface area (Å²) in [6.07, 6.45) is 0.582. The third-order valence-electron chi connectivity index (χ3n) is 3.63. The number of piperidine rings is 1. The average molecular weight is 350 g/mol. The molecule has 0 aromatic rings. The lowest BCUT2D eigenvalue weighted by atomic mass is 10.0. The summed E-state index contributed by atoms with van der Waals surface area (Å²) in [5, 5.41) is 0.551. The highest BCUT2D eigenvalue weighted by Crippen LogP contribution is 2.30. The highest BCUT2D eigenvalue weighted by molar-refractivity contribution is 7.80. The van der Waals surface area contributed by atoms with Gasteiger partial charge in [0.2, 0.25) is 5.91 Å². The van der Waals surface area contributed by atoms with E-state index in [9.17, 15) is 22.8 Å². The molecule has 11 nitrogen and oxygen atoms in total. The maximum atomic E-state index is 12.1. The fraction of sp³-hybridized carbons (Fsp3) is 0.727. The quantitative estimate of drug-likeness (QED) is 0.426. The van der Waals surface area contributed by atoms with Gasteiger partial charge in [0, 0.05) is 12.5 Å². The van der Waals surface area contributed by atoms with Crippen LogP contribution >= 0.6 is 0 Å². The number of nitrogens with zero attached hydrogens (tertiary/aromatic N) is 2. The lowest BCUT2D eigenvalue weighted by Crippen LogP contribution is -2.54. The molecular weight excluding hydrogens is 332 g/mol. The standard InChI is InChI=1S/C11H18N4O7S/c1-6(2)9(16)12-13-10(17)8-4-3-7-5-14(8)11(18)15(7)22-23(19,20)21/h6-8H,3-5H2,1-2H3,(H,12,16)(H,13,17)(H,19,20,21)/t7-,8+/m1/s1. The second kappa shape index (κ2) is 6.29. The zero-order valence-electron chi connectivity index (χ0n) is 12.6. The fourth-order valence-electron chi connectivity index (χ4n) is 2.45. The molecule has 130 valence electrons. The molecule has 23 heavy (non-hydrogen) atoms. The van der Waals surface area contributed by atoms with Crippen molar-refractivity contribution >= 4 is 28.2 Å². The van der Waals surface area contributed by atoms with Gasteiger partial charge in [-0.3, -0.25) is 25.0 Å². The SMILES string of the molecule is CC(C)C(=O)NNC(=O)[C@@H]1CC[C@@H]2CN1C(=O)N2OS(=O)(=O)O. The lowest BCUT2D eigenvalue weighted by Gasteiger charge is -2.29. The summed E-state index contributed by atoms with van der Waals surface area (Å²) >= 11 is 0. The van der Waals surface area contributed by atoms with Crippen molar-refractivity contribution in [3.63, 3.8) is 0 Å². The van der Waals surface area contributed by atoms with Gasteiger partial charge in [0.15, 0.2) is 0 Å². The van der Waals surface area contributed by atoms with E-state index in [1.54, 1.807) is 13.8 Å². The number of urea groups is 1. The topological polar surface area (TPSA) is 145 Å². The molecule has 0 aromatic carbocycles. The first-order valence-electron chi connectivity index (χ1n) is 6.96. The Bertz CT molecular complexity index is 620. The minimum Gasteiger partial charge on any atom is -0.309 e. The molecule has 12 heteroatoms. The Kier molecular flexibility index (Phi) is 4.77. The second-order valence-corrected chi connectivity index (χ2v) is 6.65. The molecule has 2 bridgehead atoms. The maximum absolute atomic E-state index is 12.1. The molecule has 2 fully saturated rings. The van der Waals surface area contributed by atoms with E-state index in [0.717, 1.165) is 4.90 Å². The number of hydrogen-bond acceptors (Lipinski definition) is 6. The molecule has 2 aliphatic rings. The summed E-state index contributed by atoms with van der Waals surface area (Å²) < 4.78 is 34.5. The van der Waals surface area contributed by atoms with Crippen molar-refractivity contribution in [1.29, 1.82) is 0 Å². The molecular formula is C11H18N4O7S. The highest BCUT2D eigenvalue weighted by atomic mass is 32.3. The van der Waals surface area contributed by atoms with Gasteiger partial charge < -0.3 is 4.90 Å². The van der Waals surface area contributed by atoms with Gasteiger partial charge in [-0.05, 0) is 12.8 Å². The van der Waals surface area contributed by atoms with Gasteiger partial charge in [-0.15, -0.1) is 4.28 Å². The van der Waals surface area contributed by atoms with Crippen molar-refractivity contribution in [1.82, 2.24) is 20.8 Å². The van der Waals surface area contributed by atoms with Crippen molar-refractivity contribution < 1.29 is 31.6 Å². The van der Waals surface area contributed by atoms with Crippen LogP contribution in [0.4, 0.5) is 4.79 Å². The van der Waals surface area contributed by atoms with E-state index in [0.29, 0.717) is 11.5 Å². The van der Waals surface area contributed by atoms with Crippen molar-refractivity contribution in [2.24, 2.45) is 5.92 Å². The Labute approximate surface area is 132 Å². The third kappa shape index (κ3) is 3.89. The second-order valence-electron chi connectivity index (χ2n) is 5.64. The van der Waals surface area contributed by atoms with Crippen LogP contribution in [-0.2, 0) is 24.3 Å². The minimum absolute atomic E-state index is 0.0879. The van der Waals surface area contributed by atoms with Crippen LogP contribution in [0.15, 0.2) is 0 Å². The molecule has 0 aliphatic carbocycles. The van der Waals surface area contributed by atoms with Crippen molar-refractivity contribution in [2.75, 3.05) is 6.54 Å². The van der Waals surface area contributed by atoms with E-state index < -0.39 is 34.4 Å². The predicted molar refractivity (Wildman–Crippen MR) is 74.5 cm³/mol. The Morgan fingerprint density at radius 2 is 1.96 bits per heavy atom. The number of carbonyl (C=O) groups is 3. The Hall–Kier alpha value is -1.92. The molecule has 4 amide bonds. The number of nitrogens with one attached hydrogen (secondary N) is 2. The van der Waals surface area contributed by atoms with Gasteiger partial charge in [0.1, 0.15) is 6.04 Å². The number of carbonyl (C=O) groups excluding carboxylic acids is 3. The van der Waals surface area contributed by atoms with Crippen LogP contribution in [-0.4, -0.2) is 59.4 Å². The molecule has 0 saturated carbocycles. The summed E-state index contributed by atoms with van der Waals surface area (Å²) in [6.45, 7) is 3.40. The van der Waals surface area contributed by atoms with Crippen molar-refractivity contribution in [3.8, 4) is 0 Å². The maximum Gasteiger partial charge on any atom is 0.418 e. The van der Waals surface area contributed by atoms with Crippen LogP contribution in [0.25, 0.3) is 0 Å². The molecule has 2 rings (SSSR count). The summed E-state index contributed by atoms with van der Waals surface area (Å²) in [5.74, 6) is -1.28. The van der Waals surface area contributed by atoms with E-state index in [2.05, 4.69) is 15.1 Å². The normalized spacial score (nSPS) is 24.1. The van der Waals surface area contributed by atoms with Crippen LogP contribution in [0.2, 0.25) is 0 Å². The number of hydrazine groups is 1. The Balaban J connectivity index is 2.01. The van der Waals surface area contributed by atoms with Gasteiger partial charge in [0.25, 0.3) is 5.91 Å². The van der Waals surface area contributed by atoms with Crippen LogP contribution in [0.1, 0.15) is 26.7 Å². The highest BCUT2D eigenvalue weighted by Gasteiger charge is 2.49. The summed E-state index contributed by atoms with van der Waals surface area (Å²) in [6, 6.07) is -2.26. The molecule has 0 unspecified atom stereocenters. The number of fused-ring (bicyclic) bond motifs is 2. The molecule has 0 spiro atoms. The zero-order valence-corrected chi connectivity index (χ0v) is 13.4. The summed E-state index contributed by atoms with van der Waals surface area (Å²) in [7, 11) is -4.83. The van der Waals surface area contributed by atoms with Gasteiger partial charge in [-0.1, -0.05) is 13.8 Å². The Morgan fingerprint density at radius 3 is 2.52 bits per heavy atom. The van der Waals surface area contributed by atoms with Gasteiger partial charge >= 0.3 is 16.4 Å². The molecule has 0 radical (unpaired) electrons. The summed E-state index contributed by atoms with van der Waals surface area (Å²) in [5.41, 5.74) is 4.49. The van der Waals surface area contributed by atoms with E-state index in [1.807, 2.05) is 0 Å². The van der Waals surface area contributed by atoms with E-state index >= 15 is 0 Å². The number of hydrogen-bond donors (Lipinski definition) is 3. The first-order valence-corrected chi connectivity index (χ1v) is 8.33. The van der Waals surface area contributed by atoms with Crippen LogP contribution < -0.4 is 10.9 Å². The average Bonchev–Trinajstić information content (AvgIpc) is 2.68. The number of amides is 4. The van der Waals surface area contributed by atoms with E-state index in [1.165, 1.54) is 0 Å². The molecule has 2 aliphatic heterocycles. The molecule has 2 saturated heterocycles. The monoisotopic (exact) mass is 350 g/mol. The zero-order chi connectivity index (χ0) is 17.4. The van der Waals surface area contributed by atoms with Crippen LogP contribution in [0.5, 0.6) is 0 Å². The predicted octanol–water partition coefficient (Wildman–Crippen LogP) is -1.21. The van der Waals surface area contributed by atoms with E-state index in [4.69, 9.17) is 4.55 Å². The first kappa shape index (κ1) is 17.4. The number of rotatable bonds is 4. The fourth-order valence-corrected chi connectivity index (χ4v) is 2.84. The molecule has 2 heterocycles. The van der Waals surface area contributed by atoms with Crippen molar-refractivity contribution in [2.45, 2.75) is 38.8 Å². The summed E-state index contributed by atoms with van der Waals surface area (Å²) in [4.78, 5) is 36.8. The van der Waals surface area contributed by atoms with Crippen molar-refractivity contribution in [3.05, 3.63) is 0 Å². The lowest BCUT2D eigenvalue weighted by molar-refractivity contribution is -0.133. The molecule has 0 aromatic heterocycles.